The van der Waals surface area contributed by atoms with E-state index in [1.54, 1.807) is 0 Å². The molecule has 0 fully saturated rings. The van der Waals surface area contributed by atoms with Gasteiger partial charge in [-0.3, -0.25) is 0 Å². The van der Waals surface area contributed by atoms with Gasteiger partial charge in [-0.25, -0.2) is 4.39 Å². The Bertz CT molecular complexity index is 317. The summed E-state index contributed by atoms with van der Waals surface area (Å²) >= 11 is 0. The first-order chi connectivity index (χ1) is 6.07. The van der Waals surface area contributed by atoms with Crippen LogP contribution < -0.4 is 5.73 Å². The van der Waals surface area contributed by atoms with Crippen LogP contribution in [0.3, 0.4) is 0 Å². The number of rotatable bonds is 2. The van der Waals surface area contributed by atoms with E-state index in [0.717, 1.165) is 12.1 Å². The van der Waals surface area contributed by atoms with Crippen LogP contribution in [0, 0.1) is 11.6 Å². The van der Waals surface area contributed by atoms with E-state index in [0.29, 0.717) is 0 Å². The van der Waals surface area contributed by atoms with Crippen LogP contribution in [0.4, 0.5) is 8.78 Å². The molecule has 0 amide bonds. The minimum absolute atomic E-state index is 0.155. The standard InChI is InChI=1S/C8H9F2NO2/c9-7-4(5(11)3-12)1-2-6(13)8(7)10/h1-2,5,12-13H,3,11H2. The summed E-state index contributed by atoms with van der Waals surface area (Å²) in [4.78, 5) is 0. The van der Waals surface area contributed by atoms with Crippen LogP contribution in [0.2, 0.25) is 0 Å². The molecule has 0 aromatic heterocycles. The van der Waals surface area contributed by atoms with Crippen LogP contribution in [0.1, 0.15) is 11.6 Å². The van der Waals surface area contributed by atoms with Crippen LogP contribution >= 0.6 is 0 Å². The lowest BCUT2D eigenvalue weighted by Crippen LogP contribution is -2.16. The maximum atomic E-state index is 13.0. The van der Waals surface area contributed by atoms with E-state index in [-0.39, 0.29) is 5.56 Å². The smallest absolute Gasteiger partial charge is 0.200 e. The van der Waals surface area contributed by atoms with Crippen molar-refractivity contribution in [3.8, 4) is 5.75 Å². The fraction of sp³-hybridized carbons (Fsp3) is 0.250. The Balaban J connectivity index is 3.18. The molecule has 0 radical (unpaired) electrons. The lowest BCUT2D eigenvalue weighted by molar-refractivity contribution is 0.264. The maximum Gasteiger partial charge on any atom is 0.200 e. The summed E-state index contributed by atoms with van der Waals surface area (Å²) in [5.74, 6) is -3.34. The molecule has 72 valence electrons. The topological polar surface area (TPSA) is 66.5 Å². The lowest BCUT2D eigenvalue weighted by atomic mass is 10.1. The molecule has 1 atom stereocenters. The number of aliphatic hydroxyl groups is 1. The van der Waals surface area contributed by atoms with Gasteiger partial charge in [0.25, 0.3) is 0 Å². The number of halogens is 2. The number of aliphatic hydroxyl groups excluding tert-OH is 1. The van der Waals surface area contributed by atoms with Crippen LogP contribution in [-0.4, -0.2) is 16.8 Å². The molecule has 0 aliphatic carbocycles. The monoisotopic (exact) mass is 189 g/mol. The first kappa shape index (κ1) is 9.88. The van der Waals surface area contributed by atoms with Crippen molar-refractivity contribution in [2.75, 3.05) is 6.61 Å². The first-order valence-corrected chi connectivity index (χ1v) is 3.61. The molecule has 1 unspecified atom stereocenters. The predicted molar refractivity (Wildman–Crippen MR) is 42.0 cm³/mol. The predicted octanol–water partition coefficient (Wildman–Crippen LogP) is 0.662. The first-order valence-electron chi connectivity index (χ1n) is 3.61. The molecule has 1 aromatic carbocycles. The molecule has 0 spiro atoms. The summed E-state index contributed by atoms with van der Waals surface area (Å²) in [6.45, 7) is -0.485. The summed E-state index contributed by atoms with van der Waals surface area (Å²) in [7, 11) is 0. The van der Waals surface area contributed by atoms with Gasteiger partial charge in [-0.1, -0.05) is 6.07 Å². The molecule has 0 bridgehead atoms. The van der Waals surface area contributed by atoms with E-state index in [1.165, 1.54) is 0 Å². The Morgan fingerprint density at radius 2 is 1.92 bits per heavy atom. The number of phenolic OH excluding ortho intramolecular Hbond substituents is 1. The Morgan fingerprint density at radius 1 is 1.31 bits per heavy atom. The number of aromatic hydroxyl groups is 1. The zero-order valence-electron chi connectivity index (χ0n) is 6.67. The van der Waals surface area contributed by atoms with Gasteiger partial charge in [-0.05, 0) is 6.07 Å². The summed E-state index contributed by atoms with van der Waals surface area (Å²) in [5.41, 5.74) is 5.12. The molecular formula is C8H9F2NO2. The zero-order valence-corrected chi connectivity index (χ0v) is 6.67. The molecule has 5 heteroatoms. The summed E-state index contributed by atoms with van der Waals surface area (Å²) in [6, 6.07) is 1.15. The Kier molecular flexibility index (Phi) is 2.79. The van der Waals surface area contributed by atoms with Crippen molar-refractivity contribution in [2.45, 2.75) is 6.04 Å². The average Bonchev–Trinajstić information content (AvgIpc) is 2.13. The van der Waals surface area contributed by atoms with E-state index in [4.69, 9.17) is 15.9 Å². The fourth-order valence-corrected chi connectivity index (χ4v) is 0.939. The second-order valence-corrected chi connectivity index (χ2v) is 2.59. The lowest BCUT2D eigenvalue weighted by Gasteiger charge is -2.10. The van der Waals surface area contributed by atoms with Gasteiger partial charge in [0, 0.05) is 5.56 Å². The molecule has 3 nitrogen and oxygen atoms in total. The highest BCUT2D eigenvalue weighted by Crippen LogP contribution is 2.24. The summed E-state index contributed by atoms with van der Waals surface area (Å²) in [6.07, 6.45) is 0. The van der Waals surface area contributed by atoms with Gasteiger partial charge in [0.2, 0.25) is 5.82 Å². The Labute approximate surface area is 73.4 Å². The van der Waals surface area contributed by atoms with Crippen LogP contribution in [0.5, 0.6) is 5.75 Å². The van der Waals surface area contributed by atoms with Crippen molar-refractivity contribution in [1.82, 2.24) is 0 Å². The molecule has 1 rings (SSSR count). The molecule has 0 heterocycles. The average molecular weight is 189 g/mol. The number of hydrogen-bond donors (Lipinski definition) is 3. The van der Waals surface area contributed by atoms with Gasteiger partial charge < -0.3 is 15.9 Å². The molecule has 4 N–H and O–H groups in total. The quantitative estimate of drug-likeness (QED) is 0.640. The van der Waals surface area contributed by atoms with Crippen molar-refractivity contribution < 1.29 is 19.0 Å². The summed E-state index contributed by atoms with van der Waals surface area (Å²) < 4.78 is 25.7. The normalized spacial score (nSPS) is 12.9. The maximum absolute atomic E-state index is 13.0. The van der Waals surface area contributed by atoms with Crippen molar-refractivity contribution in [1.29, 1.82) is 0 Å². The van der Waals surface area contributed by atoms with Crippen LogP contribution in [0.25, 0.3) is 0 Å². The van der Waals surface area contributed by atoms with Crippen molar-refractivity contribution in [3.63, 3.8) is 0 Å². The van der Waals surface area contributed by atoms with Gasteiger partial charge in [-0.2, -0.15) is 4.39 Å². The molecule has 13 heavy (non-hydrogen) atoms. The highest BCUT2D eigenvalue weighted by atomic mass is 19.2. The number of nitrogens with two attached hydrogens (primary N) is 1. The van der Waals surface area contributed by atoms with E-state index in [9.17, 15) is 8.78 Å². The molecule has 1 aromatic rings. The van der Waals surface area contributed by atoms with Gasteiger partial charge in [-0.15, -0.1) is 0 Å². The number of phenols is 1. The SMILES string of the molecule is NC(CO)c1ccc(O)c(F)c1F. The number of benzene rings is 1. The van der Waals surface area contributed by atoms with Gasteiger partial charge >= 0.3 is 0 Å². The van der Waals surface area contributed by atoms with E-state index < -0.39 is 30.0 Å². The second kappa shape index (κ2) is 3.68. The molecule has 0 aliphatic rings. The van der Waals surface area contributed by atoms with E-state index in [1.807, 2.05) is 0 Å². The minimum atomic E-state index is -1.35. The third-order valence-electron chi connectivity index (χ3n) is 1.69. The molecule has 0 aliphatic heterocycles. The molecular weight excluding hydrogens is 180 g/mol. The summed E-state index contributed by atoms with van der Waals surface area (Å²) in [5, 5.41) is 17.4. The van der Waals surface area contributed by atoms with Crippen LogP contribution in [0.15, 0.2) is 12.1 Å². The van der Waals surface area contributed by atoms with Gasteiger partial charge in [0.05, 0.1) is 12.6 Å². The van der Waals surface area contributed by atoms with E-state index >= 15 is 0 Å². The minimum Gasteiger partial charge on any atom is -0.505 e. The Hall–Kier alpha value is -1.20. The largest absolute Gasteiger partial charge is 0.505 e. The highest BCUT2D eigenvalue weighted by molar-refractivity contribution is 5.31. The highest BCUT2D eigenvalue weighted by Gasteiger charge is 2.16. The van der Waals surface area contributed by atoms with Gasteiger partial charge in [0.1, 0.15) is 0 Å². The number of hydrogen-bond acceptors (Lipinski definition) is 3. The van der Waals surface area contributed by atoms with Crippen molar-refractivity contribution in [2.24, 2.45) is 5.73 Å². The Morgan fingerprint density at radius 3 is 2.46 bits per heavy atom. The fourth-order valence-electron chi connectivity index (χ4n) is 0.939. The molecule has 0 saturated carbocycles. The van der Waals surface area contributed by atoms with Crippen molar-refractivity contribution >= 4 is 0 Å². The van der Waals surface area contributed by atoms with Gasteiger partial charge in [0.15, 0.2) is 11.6 Å². The third kappa shape index (κ3) is 1.76. The van der Waals surface area contributed by atoms with Crippen molar-refractivity contribution in [3.05, 3.63) is 29.3 Å². The second-order valence-electron chi connectivity index (χ2n) is 2.59. The van der Waals surface area contributed by atoms with E-state index in [2.05, 4.69) is 0 Å². The molecule has 0 saturated heterocycles. The third-order valence-corrected chi connectivity index (χ3v) is 1.69. The zero-order chi connectivity index (χ0) is 10.0. The van der Waals surface area contributed by atoms with Crippen LogP contribution in [-0.2, 0) is 0 Å².